The summed E-state index contributed by atoms with van der Waals surface area (Å²) in [6.07, 6.45) is 3.51. The molecule has 0 amide bonds. The molecular formula is C14H16Cl2O3. The zero-order valence-corrected chi connectivity index (χ0v) is 12.0. The maximum atomic E-state index is 11.5. The molecular weight excluding hydrogens is 287 g/mol. The second-order valence-electron chi connectivity index (χ2n) is 4.78. The summed E-state index contributed by atoms with van der Waals surface area (Å²) >= 11 is 11.9. The number of ether oxygens (including phenoxy) is 1. The van der Waals surface area contributed by atoms with E-state index in [4.69, 9.17) is 27.9 Å². The average Bonchev–Trinajstić information content (AvgIpc) is 2.38. The van der Waals surface area contributed by atoms with E-state index >= 15 is 0 Å². The monoisotopic (exact) mass is 302 g/mol. The number of carboxylic acids is 1. The number of rotatable bonds is 4. The Bertz CT molecular complexity index is 456. The number of hydrogen-bond acceptors (Lipinski definition) is 2. The zero-order chi connectivity index (χ0) is 13.8. The Morgan fingerprint density at radius 1 is 1.42 bits per heavy atom. The van der Waals surface area contributed by atoms with Gasteiger partial charge >= 0.3 is 5.97 Å². The van der Waals surface area contributed by atoms with Crippen LogP contribution in [0.3, 0.4) is 0 Å². The summed E-state index contributed by atoms with van der Waals surface area (Å²) in [5, 5.41) is 10.3. The molecule has 3 nitrogen and oxygen atoms in total. The van der Waals surface area contributed by atoms with Crippen LogP contribution in [0.4, 0.5) is 0 Å². The van der Waals surface area contributed by atoms with E-state index in [-0.39, 0.29) is 6.10 Å². The molecule has 0 aromatic heterocycles. The molecule has 1 aromatic rings. The summed E-state index contributed by atoms with van der Waals surface area (Å²) in [5.41, 5.74) is 0.604. The van der Waals surface area contributed by atoms with Gasteiger partial charge in [-0.25, -0.2) is 0 Å². The van der Waals surface area contributed by atoms with E-state index in [0.717, 1.165) is 19.3 Å². The minimum atomic E-state index is -0.876. The maximum Gasteiger partial charge on any atom is 0.311 e. The topological polar surface area (TPSA) is 46.5 Å². The average molecular weight is 303 g/mol. The summed E-state index contributed by atoms with van der Waals surface area (Å²) in [6.45, 7) is 0.714. The minimum Gasteiger partial charge on any atom is -0.481 e. The molecule has 0 aliphatic carbocycles. The van der Waals surface area contributed by atoms with Crippen LogP contribution in [0.25, 0.3) is 0 Å². The minimum absolute atomic E-state index is 0.00148. The van der Waals surface area contributed by atoms with Crippen molar-refractivity contribution in [2.45, 2.75) is 37.7 Å². The van der Waals surface area contributed by atoms with Gasteiger partial charge in [0.2, 0.25) is 0 Å². The zero-order valence-electron chi connectivity index (χ0n) is 10.4. The number of aliphatic carboxylic acids is 1. The SMILES string of the molecule is O=C(O)C(CC1CCCCO1)c1ccc(Cl)cc1Cl. The lowest BCUT2D eigenvalue weighted by molar-refractivity contribution is -0.140. The molecule has 1 aliphatic heterocycles. The molecule has 2 unspecified atom stereocenters. The largest absolute Gasteiger partial charge is 0.481 e. The van der Waals surface area contributed by atoms with Crippen molar-refractivity contribution in [2.75, 3.05) is 6.61 Å². The van der Waals surface area contributed by atoms with Gasteiger partial charge in [-0.2, -0.15) is 0 Å². The highest BCUT2D eigenvalue weighted by Gasteiger charge is 2.27. The van der Waals surface area contributed by atoms with E-state index in [1.54, 1.807) is 18.2 Å². The van der Waals surface area contributed by atoms with Gasteiger partial charge in [0.05, 0.1) is 12.0 Å². The van der Waals surface area contributed by atoms with Crippen LogP contribution in [0.5, 0.6) is 0 Å². The number of benzene rings is 1. The fraction of sp³-hybridized carbons (Fsp3) is 0.500. The number of carbonyl (C=O) groups is 1. The molecule has 0 bridgehead atoms. The normalized spacial score (nSPS) is 21.1. The van der Waals surface area contributed by atoms with Crippen molar-refractivity contribution < 1.29 is 14.6 Å². The second kappa shape index (κ2) is 6.60. The molecule has 1 aromatic carbocycles. The van der Waals surface area contributed by atoms with Crippen molar-refractivity contribution in [2.24, 2.45) is 0 Å². The molecule has 2 rings (SSSR count). The lowest BCUT2D eigenvalue weighted by Gasteiger charge is -2.25. The van der Waals surface area contributed by atoms with Crippen LogP contribution in [-0.4, -0.2) is 23.8 Å². The first-order chi connectivity index (χ1) is 9.08. The quantitative estimate of drug-likeness (QED) is 0.910. The van der Waals surface area contributed by atoms with Gasteiger partial charge in [-0.1, -0.05) is 29.3 Å². The summed E-state index contributed by atoms with van der Waals surface area (Å²) in [6, 6.07) is 4.93. The van der Waals surface area contributed by atoms with Gasteiger partial charge in [-0.15, -0.1) is 0 Å². The van der Waals surface area contributed by atoms with Crippen molar-refractivity contribution >= 4 is 29.2 Å². The molecule has 0 spiro atoms. The summed E-state index contributed by atoms with van der Waals surface area (Å²) in [7, 11) is 0. The van der Waals surface area contributed by atoms with Gasteiger partial charge in [0.1, 0.15) is 0 Å². The third kappa shape index (κ3) is 3.85. The summed E-state index contributed by atoms with van der Waals surface area (Å²) in [5.74, 6) is -1.52. The van der Waals surface area contributed by atoms with Crippen molar-refractivity contribution in [3.63, 3.8) is 0 Å². The van der Waals surface area contributed by atoms with Crippen molar-refractivity contribution in [3.8, 4) is 0 Å². The van der Waals surface area contributed by atoms with Crippen LogP contribution < -0.4 is 0 Å². The van der Waals surface area contributed by atoms with Crippen LogP contribution in [-0.2, 0) is 9.53 Å². The molecule has 19 heavy (non-hydrogen) atoms. The van der Waals surface area contributed by atoms with E-state index in [0.29, 0.717) is 28.6 Å². The Hall–Kier alpha value is -0.770. The number of halogens is 2. The van der Waals surface area contributed by atoms with Crippen molar-refractivity contribution in [3.05, 3.63) is 33.8 Å². The molecule has 0 radical (unpaired) electrons. The Morgan fingerprint density at radius 2 is 2.21 bits per heavy atom. The lowest BCUT2D eigenvalue weighted by atomic mass is 9.90. The summed E-state index contributed by atoms with van der Waals surface area (Å²) < 4.78 is 5.61. The lowest BCUT2D eigenvalue weighted by Crippen LogP contribution is -2.25. The number of hydrogen-bond donors (Lipinski definition) is 1. The van der Waals surface area contributed by atoms with E-state index in [1.165, 1.54) is 0 Å². The van der Waals surface area contributed by atoms with Crippen LogP contribution in [0.1, 0.15) is 37.2 Å². The molecule has 104 valence electrons. The molecule has 5 heteroatoms. The fourth-order valence-electron chi connectivity index (χ4n) is 2.40. The Labute approximate surface area is 122 Å². The Morgan fingerprint density at radius 3 is 2.79 bits per heavy atom. The highest BCUT2D eigenvalue weighted by atomic mass is 35.5. The predicted octanol–water partition coefficient (Wildman–Crippen LogP) is 4.12. The third-order valence-corrected chi connectivity index (χ3v) is 3.97. The van der Waals surface area contributed by atoms with Gasteiger partial charge in [-0.3, -0.25) is 4.79 Å². The van der Waals surface area contributed by atoms with Crippen LogP contribution in [0.2, 0.25) is 10.0 Å². The smallest absolute Gasteiger partial charge is 0.311 e. The van der Waals surface area contributed by atoms with Crippen LogP contribution in [0.15, 0.2) is 18.2 Å². The van der Waals surface area contributed by atoms with Gasteiger partial charge in [-0.05, 0) is 43.4 Å². The fourth-order valence-corrected chi connectivity index (χ4v) is 2.94. The first-order valence-electron chi connectivity index (χ1n) is 6.37. The van der Waals surface area contributed by atoms with Gasteiger partial charge in [0.15, 0.2) is 0 Å². The van der Waals surface area contributed by atoms with E-state index < -0.39 is 11.9 Å². The molecule has 0 saturated carbocycles. The maximum absolute atomic E-state index is 11.5. The second-order valence-corrected chi connectivity index (χ2v) is 5.62. The predicted molar refractivity (Wildman–Crippen MR) is 75.0 cm³/mol. The molecule has 2 atom stereocenters. The highest BCUT2D eigenvalue weighted by molar-refractivity contribution is 6.35. The number of carboxylic acid groups (broad SMARTS) is 1. The molecule has 1 fully saturated rings. The molecule has 1 heterocycles. The van der Waals surface area contributed by atoms with Crippen LogP contribution >= 0.6 is 23.2 Å². The van der Waals surface area contributed by atoms with E-state index in [9.17, 15) is 9.90 Å². The highest BCUT2D eigenvalue weighted by Crippen LogP contribution is 2.32. The standard InChI is InChI=1S/C14H16Cl2O3/c15-9-4-5-11(13(16)7-9)12(14(17)18)8-10-3-1-2-6-19-10/h4-5,7,10,12H,1-3,6,8H2,(H,17,18). The Balaban J connectivity index is 2.17. The van der Waals surface area contributed by atoms with Gasteiger partial charge in [0, 0.05) is 16.7 Å². The Kier molecular flexibility index (Phi) is 5.08. The van der Waals surface area contributed by atoms with Crippen molar-refractivity contribution in [1.29, 1.82) is 0 Å². The van der Waals surface area contributed by atoms with Crippen LogP contribution in [0, 0.1) is 0 Å². The molecule has 1 N–H and O–H groups in total. The van der Waals surface area contributed by atoms with E-state index in [1.807, 2.05) is 0 Å². The van der Waals surface area contributed by atoms with Gasteiger partial charge in [0.25, 0.3) is 0 Å². The first-order valence-corrected chi connectivity index (χ1v) is 7.13. The van der Waals surface area contributed by atoms with Gasteiger partial charge < -0.3 is 9.84 Å². The molecule has 1 saturated heterocycles. The summed E-state index contributed by atoms with van der Waals surface area (Å²) in [4.78, 5) is 11.5. The third-order valence-electron chi connectivity index (χ3n) is 3.41. The first kappa shape index (κ1) is 14.6. The molecule has 1 aliphatic rings. The van der Waals surface area contributed by atoms with Crippen molar-refractivity contribution in [1.82, 2.24) is 0 Å². The van der Waals surface area contributed by atoms with E-state index in [2.05, 4.69) is 0 Å².